The van der Waals surface area contributed by atoms with Gasteiger partial charge in [-0.15, -0.1) is 0 Å². The SMILES string of the molecule is CN(CCCCN(CCCCNCc1ccc(CNCCCCN(CCCCN(C)C(=O)OC(C)(C)C)C(=O)OC(C)(C)C)c2ccccc12)C(=O)OC(C)(C)C)C(=O)OC(C)(C)C. The third-order valence-corrected chi connectivity index (χ3v) is 9.86. The van der Waals surface area contributed by atoms with E-state index in [1.54, 1.807) is 33.7 Å². The highest BCUT2D eigenvalue weighted by Gasteiger charge is 2.25. The molecule has 64 heavy (non-hydrogen) atoms. The Balaban J connectivity index is 1.84. The Hall–Kier alpha value is -4.30. The van der Waals surface area contributed by atoms with Crippen molar-refractivity contribution in [1.82, 2.24) is 30.2 Å². The van der Waals surface area contributed by atoms with E-state index in [4.69, 9.17) is 18.9 Å². The molecule has 14 heteroatoms. The molecule has 0 aromatic heterocycles. The minimum absolute atomic E-state index is 0.308. The number of nitrogens with zero attached hydrogens (tertiary/aromatic N) is 4. The van der Waals surface area contributed by atoms with E-state index in [1.165, 1.54) is 21.9 Å². The Bertz CT molecular complexity index is 1600. The Morgan fingerprint density at radius 1 is 0.422 bits per heavy atom. The number of amides is 4. The van der Waals surface area contributed by atoms with Crippen molar-refractivity contribution in [2.45, 2.75) is 170 Å². The van der Waals surface area contributed by atoms with E-state index in [1.807, 2.05) is 83.1 Å². The van der Waals surface area contributed by atoms with Gasteiger partial charge < -0.3 is 49.2 Å². The van der Waals surface area contributed by atoms with Gasteiger partial charge in [0.05, 0.1) is 0 Å². The lowest BCUT2D eigenvalue weighted by molar-refractivity contribution is 0.0224. The number of benzene rings is 2. The Morgan fingerprint density at radius 2 is 0.703 bits per heavy atom. The molecule has 2 N–H and O–H groups in total. The average Bonchev–Trinajstić information content (AvgIpc) is 3.16. The van der Waals surface area contributed by atoms with Crippen molar-refractivity contribution < 1.29 is 38.1 Å². The molecular formula is C50H86N6O8. The molecule has 0 spiro atoms. The maximum absolute atomic E-state index is 13.1. The molecule has 364 valence electrons. The van der Waals surface area contributed by atoms with E-state index in [-0.39, 0.29) is 24.4 Å². The third-order valence-electron chi connectivity index (χ3n) is 9.86. The first-order valence-corrected chi connectivity index (χ1v) is 23.5. The van der Waals surface area contributed by atoms with Crippen LogP contribution >= 0.6 is 0 Å². The summed E-state index contributed by atoms with van der Waals surface area (Å²) in [5.41, 5.74) is 0.234. The monoisotopic (exact) mass is 899 g/mol. The molecule has 14 nitrogen and oxygen atoms in total. The number of fused-ring (bicyclic) bond motifs is 1. The van der Waals surface area contributed by atoms with E-state index >= 15 is 0 Å². The fourth-order valence-electron chi connectivity index (χ4n) is 6.69. The standard InChI is InChI=1S/C50H86N6O8/c1-47(2,3)61-43(57)53(13)31-21-23-35-55(45(59)63-49(7,8)9)33-19-17-29-51-37-39-27-28-40(42-26-16-15-25-41(39)42)38-52-30-18-20-34-56(46(60)64-50(10,11)12)36-24-22-32-54(14)44(58)62-48(4,5)6/h15-16,25-28,51-52H,17-24,29-38H2,1-14H3. The summed E-state index contributed by atoms with van der Waals surface area (Å²) in [6.45, 7) is 28.9. The molecule has 0 saturated carbocycles. The zero-order chi connectivity index (χ0) is 48.1. The quantitative estimate of drug-likeness (QED) is 0.0772. The Labute approximate surface area is 386 Å². The number of hydrogen-bond acceptors (Lipinski definition) is 10. The van der Waals surface area contributed by atoms with Gasteiger partial charge >= 0.3 is 24.4 Å². The summed E-state index contributed by atoms with van der Waals surface area (Å²) >= 11 is 0. The summed E-state index contributed by atoms with van der Waals surface area (Å²) < 4.78 is 22.3. The highest BCUT2D eigenvalue weighted by molar-refractivity contribution is 5.88. The molecule has 0 heterocycles. The highest BCUT2D eigenvalue weighted by atomic mass is 16.6. The molecule has 2 rings (SSSR count). The van der Waals surface area contributed by atoms with Gasteiger partial charge in [-0.1, -0.05) is 36.4 Å². The van der Waals surface area contributed by atoms with Crippen LogP contribution in [0.3, 0.4) is 0 Å². The molecular weight excluding hydrogens is 813 g/mol. The van der Waals surface area contributed by atoms with E-state index in [0.29, 0.717) is 39.3 Å². The van der Waals surface area contributed by atoms with Crippen LogP contribution in [0.2, 0.25) is 0 Å². The normalized spacial score (nSPS) is 12.2. The van der Waals surface area contributed by atoms with Crippen LogP contribution in [0.5, 0.6) is 0 Å². The van der Waals surface area contributed by atoms with Crippen molar-refractivity contribution in [1.29, 1.82) is 0 Å². The van der Waals surface area contributed by atoms with Crippen molar-refractivity contribution in [2.24, 2.45) is 0 Å². The van der Waals surface area contributed by atoms with Gasteiger partial charge in [-0.3, -0.25) is 0 Å². The summed E-state index contributed by atoms with van der Waals surface area (Å²) in [5, 5.41) is 9.69. The summed E-state index contributed by atoms with van der Waals surface area (Å²) in [7, 11) is 3.47. The highest BCUT2D eigenvalue weighted by Crippen LogP contribution is 2.23. The zero-order valence-corrected chi connectivity index (χ0v) is 42.2. The number of nitrogens with one attached hydrogen (secondary N) is 2. The molecule has 4 amide bonds. The van der Waals surface area contributed by atoms with Gasteiger partial charge in [-0.05, 0) is 169 Å². The first kappa shape index (κ1) is 55.8. The minimum atomic E-state index is -0.581. The molecule has 0 aliphatic rings. The number of hydrogen-bond donors (Lipinski definition) is 2. The first-order chi connectivity index (χ1) is 29.7. The van der Waals surface area contributed by atoms with Crippen LogP contribution in [-0.2, 0) is 32.0 Å². The molecule has 0 fully saturated rings. The van der Waals surface area contributed by atoms with E-state index in [9.17, 15) is 19.2 Å². The molecule has 0 unspecified atom stereocenters. The van der Waals surface area contributed by atoms with Crippen LogP contribution in [0.4, 0.5) is 19.2 Å². The van der Waals surface area contributed by atoms with Gasteiger partial charge in [0, 0.05) is 66.5 Å². The van der Waals surface area contributed by atoms with Gasteiger partial charge in [0.25, 0.3) is 0 Å². The van der Waals surface area contributed by atoms with E-state index in [2.05, 4.69) is 47.0 Å². The van der Waals surface area contributed by atoms with Gasteiger partial charge in [0.15, 0.2) is 0 Å². The van der Waals surface area contributed by atoms with Crippen molar-refractivity contribution in [3.05, 3.63) is 47.5 Å². The molecule has 0 atom stereocenters. The van der Waals surface area contributed by atoms with Crippen LogP contribution < -0.4 is 10.6 Å². The van der Waals surface area contributed by atoms with Crippen LogP contribution in [0.1, 0.15) is 146 Å². The van der Waals surface area contributed by atoms with E-state index in [0.717, 1.165) is 77.5 Å². The van der Waals surface area contributed by atoms with Crippen molar-refractivity contribution in [3.63, 3.8) is 0 Å². The Kier molecular flexibility index (Phi) is 23.2. The summed E-state index contributed by atoms with van der Waals surface area (Å²) in [6, 6.07) is 12.9. The summed E-state index contributed by atoms with van der Waals surface area (Å²) in [4.78, 5) is 57.6. The van der Waals surface area contributed by atoms with Crippen LogP contribution in [0, 0.1) is 0 Å². The Morgan fingerprint density at radius 3 is 1.02 bits per heavy atom. The zero-order valence-electron chi connectivity index (χ0n) is 42.2. The van der Waals surface area contributed by atoms with Crippen molar-refractivity contribution >= 4 is 35.1 Å². The smallest absolute Gasteiger partial charge is 0.410 e. The second-order valence-corrected chi connectivity index (χ2v) is 20.8. The average molecular weight is 899 g/mol. The molecule has 2 aromatic carbocycles. The third kappa shape index (κ3) is 24.1. The fourth-order valence-corrected chi connectivity index (χ4v) is 6.69. The van der Waals surface area contributed by atoms with Crippen LogP contribution in [-0.4, -0.2) is 133 Å². The first-order valence-electron chi connectivity index (χ1n) is 23.5. The molecule has 0 aliphatic carbocycles. The number of unbranched alkanes of at least 4 members (excludes halogenated alkanes) is 4. The van der Waals surface area contributed by atoms with Crippen LogP contribution in [0.25, 0.3) is 10.8 Å². The predicted molar refractivity (Wildman–Crippen MR) is 258 cm³/mol. The number of rotatable bonds is 24. The van der Waals surface area contributed by atoms with Crippen molar-refractivity contribution in [2.75, 3.05) is 66.5 Å². The largest absolute Gasteiger partial charge is 0.444 e. The van der Waals surface area contributed by atoms with Crippen molar-refractivity contribution in [3.8, 4) is 0 Å². The van der Waals surface area contributed by atoms with Gasteiger partial charge in [0.1, 0.15) is 22.4 Å². The van der Waals surface area contributed by atoms with Crippen LogP contribution in [0.15, 0.2) is 36.4 Å². The minimum Gasteiger partial charge on any atom is -0.444 e. The molecule has 2 aromatic rings. The van der Waals surface area contributed by atoms with Gasteiger partial charge in [0.2, 0.25) is 0 Å². The number of carbonyl (C=O) groups is 4. The number of carbonyl (C=O) groups excluding carboxylic acids is 4. The maximum Gasteiger partial charge on any atom is 0.410 e. The predicted octanol–water partition coefficient (Wildman–Crippen LogP) is 10.3. The van der Waals surface area contributed by atoms with Gasteiger partial charge in [-0.25, -0.2) is 19.2 Å². The summed E-state index contributed by atoms with van der Waals surface area (Å²) in [6.07, 6.45) is 5.17. The summed E-state index contributed by atoms with van der Waals surface area (Å²) in [5.74, 6) is 0. The lowest BCUT2D eigenvalue weighted by Crippen LogP contribution is -2.38. The lowest BCUT2D eigenvalue weighted by atomic mass is 9.99. The topological polar surface area (TPSA) is 142 Å². The molecule has 0 radical (unpaired) electrons. The lowest BCUT2D eigenvalue weighted by Gasteiger charge is -2.28. The van der Waals surface area contributed by atoms with E-state index < -0.39 is 22.4 Å². The second kappa shape index (κ2) is 26.6. The van der Waals surface area contributed by atoms with Gasteiger partial charge in [-0.2, -0.15) is 0 Å². The maximum atomic E-state index is 13.1. The molecule has 0 aliphatic heterocycles. The fraction of sp³-hybridized carbons (Fsp3) is 0.720. The number of ether oxygens (including phenoxy) is 4. The molecule has 0 saturated heterocycles. The molecule has 0 bridgehead atoms. The second-order valence-electron chi connectivity index (χ2n) is 20.8.